The molecule has 31 heavy (non-hydrogen) atoms. The van der Waals surface area contributed by atoms with Crippen molar-refractivity contribution in [2.45, 2.75) is 13.8 Å². The monoisotopic (exact) mass is 425 g/mol. The second-order valence-corrected chi connectivity index (χ2v) is 6.99. The molecule has 0 spiro atoms. The van der Waals surface area contributed by atoms with E-state index in [0.29, 0.717) is 50.0 Å². The second kappa shape index (κ2) is 11.1. The van der Waals surface area contributed by atoms with Gasteiger partial charge in [-0.05, 0) is 49.7 Å². The van der Waals surface area contributed by atoms with Gasteiger partial charge in [0.2, 0.25) is 0 Å². The van der Waals surface area contributed by atoms with Crippen LogP contribution < -0.4 is 14.9 Å². The van der Waals surface area contributed by atoms with Crippen LogP contribution in [-0.2, 0) is 9.53 Å². The Labute approximate surface area is 181 Å². The van der Waals surface area contributed by atoms with E-state index in [1.165, 1.54) is 6.21 Å². The molecule has 2 amide bonds. The average molecular weight is 425 g/mol. The van der Waals surface area contributed by atoms with Crippen molar-refractivity contribution in [3.05, 3.63) is 59.2 Å². The van der Waals surface area contributed by atoms with E-state index in [-0.39, 0.29) is 18.4 Å². The van der Waals surface area contributed by atoms with Gasteiger partial charge in [0.1, 0.15) is 0 Å². The lowest BCUT2D eigenvalue weighted by atomic mass is 10.1. The lowest BCUT2D eigenvalue weighted by molar-refractivity contribution is -0.137. The van der Waals surface area contributed by atoms with E-state index in [1.807, 2.05) is 26.0 Å². The van der Waals surface area contributed by atoms with Crippen molar-refractivity contribution in [1.29, 1.82) is 0 Å². The molecule has 1 saturated heterocycles. The van der Waals surface area contributed by atoms with Gasteiger partial charge in [-0.25, -0.2) is 5.43 Å². The number of ether oxygens (including phenoxy) is 3. The Hall–Kier alpha value is -3.39. The number of hydrogen-bond donors (Lipinski definition) is 1. The van der Waals surface area contributed by atoms with Crippen molar-refractivity contribution in [3.63, 3.8) is 0 Å². The highest BCUT2D eigenvalue weighted by atomic mass is 16.5. The van der Waals surface area contributed by atoms with Gasteiger partial charge in [-0.2, -0.15) is 5.10 Å². The minimum Gasteiger partial charge on any atom is -0.490 e. The van der Waals surface area contributed by atoms with Gasteiger partial charge in [0.15, 0.2) is 18.1 Å². The van der Waals surface area contributed by atoms with Crippen LogP contribution in [0.5, 0.6) is 11.5 Å². The number of nitrogens with zero attached hydrogens (tertiary/aromatic N) is 2. The standard InChI is InChI=1S/C23H27N3O5/c1-3-30-21-14-18(15-24-25-23(28)19-7-4-17(2)5-8-19)6-9-20(21)31-16-22(27)26-10-12-29-13-11-26/h4-9,14-15H,3,10-13,16H2,1-2H3,(H,25,28)/b24-15+. The van der Waals surface area contributed by atoms with Crippen LogP contribution in [0.25, 0.3) is 0 Å². The number of carbonyl (C=O) groups excluding carboxylic acids is 2. The third kappa shape index (κ3) is 6.55. The maximum atomic E-state index is 12.3. The molecular weight excluding hydrogens is 398 g/mol. The first-order chi connectivity index (χ1) is 15.1. The van der Waals surface area contributed by atoms with E-state index in [4.69, 9.17) is 14.2 Å². The molecule has 0 unspecified atom stereocenters. The molecule has 2 aromatic carbocycles. The van der Waals surface area contributed by atoms with Crippen LogP contribution in [0.15, 0.2) is 47.6 Å². The number of benzene rings is 2. The van der Waals surface area contributed by atoms with E-state index in [9.17, 15) is 9.59 Å². The highest BCUT2D eigenvalue weighted by molar-refractivity contribution is 5.95. The van der Waals surface area contributed by atoms with Crippen molar-refractivity contribution in [2.75, 3.05) is 39.5 Å². The molecule has 0 aromatic heterocycles. The van der Waals surface area contributed by atoms with Gasteiger partial charge in [0.05, 0.1) is 26.0 Å². The topological polar surface area (TPSA) is 89.5 Å². The molecular formula is C23H27N3O5. The third-order valence-electron chi connectivity index (χ3n) is 4.68. The molecule has 8 heteroatoms. The van der Waals surface area contributed by atoms with Crippen LogP contribution in [-0.4, -0.2) is 62.4 Å². The van der Waals surface area contributed by atoms with Crippen LogP contribution in [0, 0.1) is 6.92 Å². The van der Waals surface area contributed by atoms with Gasteiger partial charge in [-0.3, -0.25) is 9.59 Å². The van der Waals surface area contributed by atoms with Gasteiger partial charge >= 0.3 is 0 Å². The van der Waals surface area contributed by atoms with Crippen molar-refractivity contribution in [2.24, 2.45) is 5.10 Å². The first kappa shape index (κ1) is 22.3. The zero-order chi connectivity index (χ0) is 22.1. The summed E-state index contributed by atoms with van der Waals surface area (Å²) < 4.78 is 16.6. The summed E-state index contributed by atoms with van der Waals surface area (Å²) >= 11 is 0. The second-order valence-electron chi connectivity index (χ2n) is 6.99. The summed E-state index contributed by atoms with van der Waals surface area (Å²) in [6, 6.07) is 12.5. The minimum absolute atomic E-state index is 0.0693. The molecule has 8 nitrogen and oxygen atoms in total. The number of aryl methyl sites for hydroxylation is 1. The van der Waals surface area contributed by atoms with Gasteiger partial charge in [-0.15, -0.1) is 0 Å². The zero-order valence-electron chi connectivity index (χ0n) is 17.8. The summed E-state index contributed by atoms with van der Waals surface area (Å²) in [7, 11) is 0. The first-order valence-corrected chi connectivity index (χ1v) is 10.2. The van der Waals surface area contributed by atoms with Crippen molar-refractivity contribution < 1.29 is 23.8 Å². The number of hydrogen-bond acceptors (Lipinski definition) is 6. The van der Waals surface area contributed by atoms with Gasteiger partial charge in [-0.1, -0.05) is 17.7 Å². The van der Waals surface area contributed by atoms with Crippen LogP contribution >= 0.6 is 0 Å². The fourth-order valence-electron chi connectivity index (χ4n) is 2.97. The highest BCUT2D eigenvalue weighted by Crippen LogP contribution is 2.28. The highest BCUT2D eigenvalue weighted by Gasteiger charge is 2.18. The normalized spacial score (nSPS) is 13.8. The quantitative estimate of drug-likeness (QED) is 0.518. The Morgan fingerprint density at radius 1 is 1.10 bits per heavy atom. The van der Waals surface area contributed by atoms with Gasteiger partial charge in [0, 0.05) is 18.7 Å². The molecule has 0 aliphatic carbocycles. The molecule has 2 aromatic rings. The van der Waals surface area contributed by atoms with Crippen molar-refractivity contribution in [3.8, 4) is 11.5 Å². The Kier molecular flexibility index (Phi) is 8.00. The molecule has 1 N–H and O–H groups in total. The Morgan fingerprint density at radius 2 is 1.84 bits per heavy atom. The van der Waals surface area contributed by atoms with E-state index in [1.54, 1.807) is 35.2 Å². The molecule has 1 fully saturated rings. The molecule has 3 rings (SSSR count). The summed E-state index contributed by atoms with van der Waals surface area (Å²) in [5.41, 5.74) is 4.84. The molecule has 0 bridgehead atoms. The molecule has 1 aliphatic rings. The smallest absolute Gasteiger partial charge is 0.271 e. The number of carbonyl (C=O) groups is 2. The summed E-state index contributed by atoms with van der Waals surface area (Å²) in [6.07, 6.45) is 1.53. The van der Waals surface area contributed by atoms with Crippen LogP contribution in [0.4, 0.5) is 0 Å². The third-order valence-corrected chi connectivity index (χ3v) is 4.68. The van der Waals surface area contributed by atoms with Gasteiger partial charge in [0.25, 0.3) is 11.8 Å². The fraction of sp³-hybridized carbons (Fsp3) is 0.348. The lowest BCUT2D eigenvalue weighted by Crippen LogP contribution is -2.43. The van der Waals surface area contributed by atoms with Crippen molar-refractivity contribution in [1.82, 2.24) is 10.3 Å². The summed E-state index contributed by atoms with van der Waals surface area (Å²) in [5, 5.41) is 4.01. The molecule has 0 radical (unpaired) electrons. The molecule has 0 atom stereocenters. The zero-order valence-corrected chi connectivity index (χ0v) is 17.8. The van der Waals surface area contributed by atoms with Crippen molar-refractivity contribution >= 4 is 18.0 Å². The maximum Gasteiger partial charge on any atom is 0.271 e. The summed E-state index contributed by atoms with van der Waals surface area (Å²) in [5.74, 6) is 0.605. The van der Waals surface area contributed by atoms with E-state index < -0.39 is 0 Å². The summed E-state index contributed by atoms with van der Waals surface area (Å²) in [4.78, 5) is 26.2. The number of morpholine rings is 1. The van der Waals surface area contributed by atoms with E-state index in [0.717, 1.165) is 11.1 Å². The van der Waals surface area contributed by atoms with Crippen LogP contribution in [0.3, 0.4) is 0 Å². The van der Waals surface area contributed by atoms with Crippen LogP contribution in [0.2, 0.25) is 0 Å². The fourth-order valence-corrected chi connectivity index (χ4v) is 2.97. The number of rotatable bonds is 8. The Bertz CT molecular complexity index is 921. The Balaban J connectivity index is 1.59. The summed E-state index contributed by atoms with van der Waals surface area (Å²) in [6.45, 7) is 6.44. The molecule has 0 saturated carbocycles. The number of nitrogens with one attached hydrogen (secondary N) is 1. The predicted octanol–water partition coefficient (Wildman–Crippen LogP) is 2.40. The SMILES string of the molecule is CCOc1cc(/C=N/NC(=O)c2ccc(C)cc2)ccc1OCC(=O)N1CCOCC1. The average Bonchev–Trinajstić information content (AvgIpc) is 2.79. The van der Waals surface area contributed by atoms with E-state index >= 15 is 0 Å². The lowest BCUT2D eigenvalue weighted by Gasteiger charge is -2.26. The predicted molar refractivity (Wildman–Crippen MR) is 117 cm³/mol. The first-order valence-electron chi connectivity index (χ1n) is 10.2. The largest absolute Gasteiger partial charge is 0.490 e. The number of hydrazone groups is 1. The Morgan fingerprint density at radius 3 is 2.55 bits per heavy atom. The maximum absolute atomic E-state index is 12.3. The molecule has 1 heterocycles. The van der Waals surface area contributed by atoms with E-state index in [2.05, 4.69) is 10.5 Å². The molecule has 1 aliphatic heterocycles. The molecule has 164 valence electrons. The minimum atomic E-state index is -0.289. The van der Waals surface area contributed by atoms with Gasteiger partial charge < -0.3 is 19.1 Å². The number of amides is 2. The van der Waals surface area contributed by atoms with Crippen LogP contribution in [0.1, 0.15) is 28.4 Å².